The van der Waals surface area contributed by atoms with Crippen molar-refractivity contribution in [1.82, 2.24) is 4.90 Å². The molecule has 1 aliphatic rings. The van der Waals surface area contributed by atoms with Gasteiger partial charge in [0.1, 0.15) is 0 Å². The summed E-state index contributed by atoms with van der Waals surface area (Å²) < 4.78 is 0. The lowest BCUT2D eigenvalue weighted by atomic mass is 10.1. The first kappa shape index (κ1) is 14.8. The molecule has 0 aliphatic carbocycles. The van der Waals surface area contributed by atoms with E-state index in [1.807, 2.05) is 18.2 Å². The molecule has 0 bridgehead atoms. The quantitative estimate of drug-likeness (QED) is 0.772. The molecule has 0 unspecified atom stereocenters. The number of unbranched alkanes of at least 4 members (excludes halogenated alkanes) is 1. The average Bonchev–Trinajstić information content (AvgIpc) is 2.69. The van der Waals surface area contributed by atoms with Crippen molar-refractivity contribution < 1.29 is 9.59 Å². The van der Waals surface area contributed by atoms with Gasteiger partial charge in [-0.25, -0.2) is 0 Å². The Labute approximate surface area is 121 Å². The van der Waals surface area contributed by atoms with Crippen LogP contribution in [0.1, 0.15) is 50.5 Å². The Bertz CT molecular complexity index is 442. The lowest BCUT2D eigenvalue weighted by Gasteiger charge is -2.18. The lowest BCUT2D eigenvalue weighted by Crippen LogP contribution is -2.36. The van der Waals surface area contributed by atoms with Crippen molar-refractivity contribution in [2.75, 3.05) is 6.54 Å². The second kappa shape index (κ2) is 7.83. The van der Waals surface area contributed by atoms with Crippen LogP contribution in [-0.2, 0) is 16.0 Å². The standard InChI is InChI=1S/C17H23NO2/c19-16-12-5-2-8-14-18(16)17(20)13-7-6-11-15-9-3-1-4-10-15/h1,3-4,9-10H,2,5-8,11-14H2. The number of nitrogens with zero attached hydrogens (tertiary/aromatic N) is 1. The summed E-state index contributed by atoms with van der Waals surface area (Å²) in [5, 5.41) is 0. The second-order valence-electron chi connectivity index (χ2n) is 5.44. The van der Waals surface area contributed by atoms with Crippen LogP contribution in [0.3, 0.4) is 0 Å². The summed E-state index contributed by atoms with van der Waals surface area (Å²) in [6.07, 6.45) is 6.84. The van der Waals surface area contributed by atoms with E-state index in [4.69, 9.17) is 0 Å². The number of imide groups is 1. The minimum absolute atomic E-state index is 0.0185. The van der Waals surface area contributed by atoms with E-state index in [9.17, 15) is 9.59 Å². The maximum atomic E-state index is 12.1. The normalized spacial score (nSPS) is 16.0. The van der Waals surface area contributed by atoms with E-state index in [1.165, 1.54) is 10.5 Å². The third-order valence-corrected chi connectivity index (χ3v) is 3.82. The topological polar surface area (TPSA) is 37.4 Å². The molecule has 3 nitrogen and oxygen atoms in total. The van der Waals surface area contributed by atoms with Crippen LogP contribution in [-0.4, -0.2) is 23.3 Å². The van der Waals surface area contributed by atoms with E-state index in [1.54, 1.807) is 0 Å². The predicted molar refractivity (Wildman–Crippen MR) is 79.2 cm³/mol. The zero-order chi connectivity index (χ0) is 14.2. The van der Waals surface area contributed by atoms with Gasteiger partial charge in [0, 0.05) is 19.4 Å². The van der Waals surface area contributed by atoms with Crippen molar-refractivity contribution in [2.45, 2.75) is 51.4 Å². The Kier molecular flexibility index (Phi) is 5.78. The van der Waals surface area contributed by atoms with Gasteiger partial charge in [0.25, 0.3) is 0 Å². The Balaban J connectivity index is 1.70. The third-order valence-electron chi connectivity index (χ3n) is 3.82. The molecular formula is C17H23NO2. The number of likely N-dealkylation sites (tertiary alicyclic amines) is 1. The zero-order valence-electron chi connectivity index (χ0n) is 12.0. The van der Waals surface area contributed by atoms with Crippen LogP contribution in [0.15, 0.2) is 30.3 Å². The smallest absolute Gasteiger partial charge is 0.229 e. The van der Waals surface area contributed by atoms with Crippen molar-refractivity contribution in [3.05, 3.63) is 35.9 Å². The maximum absolute atomic E-state index is 12.1. The van der Waals surface area contributed by atoms with Crippen molar-refractivity contribution >= 4 is 11.8 Å². The molecule has 1 heterocycles. The fourth-order valence-electron chi connectivity index (χ4n) is 2.63. The van der Waals surface area contributed by atoms with Crippen LogP contribution in [0.2, 0.25) is 0 Å². The van der Waals surface area contributed by atoms with E-state index in [-0.39, 0.29) is 11.8 Å². The first-order chi connectivity index (χ1) is 9.77. The molecule has 0 spiro atoms. The predicted octanol–water partition coefficient (Wildman–Crippen LogP) is 3.33. The van der Waals surface area contributed by atoms with Gasteiger partial charge < -0.3 is 0 Å². The van der Waals surface area contributed by atoms with E-state index in [0.717, 1.165) is 38.5 Å². The summed E-state index contributed by atoms with van der Waals surface area (Å²) in [6.45, 7) is 0.621. The van der Waals surface area contributed by atoms with Gasteiger partial charge in [0.05, 0.1) is 0 Å². The maximum Gasteiger partial charge on any atom is 0.229 e. The van der Waals surface area contributed by atoms with Gasteiger partial charge in [-0.2, -0.15) is 0 Å². The molecule has 1 fully saturated rings. The fraction of sp³-hybridized carbons (Fsp3) is 0.529. The highest BCUT2D eigenvalue weighted by molar-refractivity contribution is 5.95. The molecule has 0 radical (unpaired) electrons. The summed E-state index contributed by atoms with van der Waals surface area (Å²) in [5.41, 5.74) is 1.31. The second-order valence-corrected chi connectivity index (χ2v) is 5.44. The number of aryl methyl sites for hydroxylation is 1. The number of amides is 2. The molecular weight excluding hydrogens is 250 g/mol. The van der Waals surface area contributed by atoms with Crippen molar-refractivity contribution in [3.8, 4) is 0 Å². The van der Waals surface area contributed by atoms with Gasteiger partial charge in [0.15, 0.2) is 0 Å². The van der Waals surface area contributed by atoms with Gasteiger partial charge in [-0.15, -0.1) is 0 Å². The monoisotopic (exact) mass is 273 g/mol. The molecule has 1 aromatic rings. The first-order valence-electron chi connectivity index (χ1n) is 7.64. The number of hydrogen-bond acceptors (Lipinski definition) is 2. The highest BCUT2D eigenvalue weighted by atomic mass is 16.2. The van der Waals surface area contributed by atoms with Crippen LogP contribution in [0.5, 0.6) is 0 Å². The number of carbonyl (C=O) groups is 2. The molecule has 0 atom stereocenters. The highest BCUT2D eigenvalue weighted by Gasteiger charge is 2.22. The summed E-state index contributed by atoms with van der Waals surface area (Å²) in [5.74, 6) is 0.0421. The van der Waals surface area contributed by atoms with Crippen LogP contribution >= 0.6 is 0 Å². The molecule has 1 aliphatic heterocycles. The zero-order valence-corrected chi connectivity index (χ0v) is 12.0. The van der Waals surface area contributed by atoms with Crippen LogP contribution in [0, 0.1) is 0 Å². The van der Waals surface area contributed by atoms with Gasteiger partial charge in [-0.3, -0.25) is 14.5 Å². The van der Waals surface area contributed by atoms with Gasteiger partial charge in [0.2, 0.25) is 11.8 Å². The summed E-state index contributed by atoms with van der Waals surface area (Å²) >= 11 is 0. The van der Waals surface area contributed by atoms with Crippen LogP contribution in [0.25, 0.3) is 0 Å². The van der Waals surface area contributed by atoms with Gasteiger partial charge >= 0.3 is 0 Å². The molecule has 1 saturated heterocycles. The molecule has 2 rings (SSSR count). The van der Waals surface area contributed by atoms with Crippen molar-refractivity contribution in [1.29, 1.82) is 0 Å². The summed E-state index contributed by atoms with van der Waals surface area (Å²) in [7, 11) is 0. The Hall–Kier alpha value is -1.64. The highest BCUT2D eigenvalue weighted by Crippen LogP contribution is 2.14. The van der Waals surface area contributed by atoms with Gasteiger partial charge in [-0.05, 0) is 37.7 Å². The van der Waals surface area contributed by atoms with Crippen molar-refractivity contribution in [2.24, 2.45) is 0 Å². The Morgan fingerprint density at radius 2 is 1.85 bits per heavy atom. The fourth-order valence-corrected chi connectivity index (χ4v) is 2.63. The summed E-state index contributed by atoms with van der Waals surface area (Å²) in [6, 6.07) is 10.3. The number of rotatable bonds is 5. The van der Waals surface area contributed by atoms with E-state index < -0.39 is 0 Å². The van der Waals surface area contributed by atoms with E-state index in [0.29, 0.717) is 19.4 Å². The molecule has 0 aromatic heterocycles. The van der Waals surface area contributed by atoms with Crippen molar-refractivity contribution in [3.63, 3.8) is 0 Å². The first-order valence-corrected chi connectivity index (χ1v) is 7.64. The molecule has 3 heteroatoms. The molecule has 108 valence electrons. The van der Waals surface area contributed by atoms with Crippen LogP contribution in [0.4, 0.5) is 0 Å². The third kappa shape index (κ3) is 4.48. The Morgan fingerprint density at radius 1 is 1.05 bits per heavy atom. The van der Waals surface area contributed by atoms with E-state index in [2.05, 4.69) is 12.1 Å². The molecule has 0 saturated carbocycles. The minimum Gasteiger partial charge on any atom is -0.283 e. The molecule has 0 N–H and O–H groups in total. The molecule has 20 heavy (non-hydrogen) atoms. The molecule has 2 amide bonds. The Morgan fingerprint density at radius 3 is 2.65 bits per heavy atom. The SMILES string of the molecule is O=C1CCCCCN1C(=O)CCCCc1ccccc1. The lowest BCUT2D eigenvalue weighted by molar-refractivity contribution is -0.144. The summed E-state index contributed by atoms with van der Waals surface area (Å²) in [4.78, 5) is 25.4. The minimum atomic E-state index is 0.0185. The van der Waals surface area contributed by atoms with Gasteiger partial charge in [-0.1, -0.05) is 36.8 Å². The average molecular weight is 273 g/mol. The number of hydrogen-bond donors (Lipinski definition) is 0. The number of carbonyl (C=O) groups excluding carboxylic acids is 2. The van der Waals surface area contributed by atoms with E-state index >= 15 is 0 Å². The molecule has 1 aromatic carbocycles. The van der Waals surface area contributed by atoms with Crippen LogP contribution < -0.4 is 0 Å². The number of benzene rings is 1. The largest absolute Gasteiger partial charge is 0.283 e.